The van der Waals surface area contributed by atoms with Crippen LogP contribution in [0.3, 0.4) is 0 Å². The molecule has 4 nitrogen and oxygen atoms in total. The minimum absolute atomic E-state index is 0.174. The molecular formula is C16H13FN2O2S. The monoisotopic (exact) mass is 316 g/mol. The van der Waals surface area contributed by atoms with Gasteiger partial charge in [0.15, 0.2) is 16.6 Å². The van der Waals surface area contributed by atoms with Crippen molar-refractivity contribution in [1.82, 2.24) is 4.98 Å². The van der Waals surface area contributed by atoms with Gasteiger partial charge in [-0.15, -0.1) is 11.3 Å². The van der Waals surface area contributed by atoms with Crippen molar-refractivity contribution in [2.75, 3.05) is 5.32 Å². The number of rotatable bonds is 3. The van der Waals surface area contributed by atoms with Crippen LogP contribution in [0.1, 0.15) is 5.56 Å². The van der Waals surface area contributed by atoms with Gasteiger partial charge in [-0.05, 0) is 42.8 Å². The summed E-state index contributed by atoms with van der Waals surface area (Å²) in [5.74, 6) is -0.640. The van der Waals surface area contributed by atoms with E-state index in [0.717, 1.165) is 0 Å². The number of hydrogen-bond donors (Lipinski definition) is 3. The summed E-state index contributed by atoms with van der Waals surface area (Å²) in [6.07, 6.45) is 0. The topological polar surface area (TPSA) is 65.4 Å². The number of hydrogen-bond acceptors (Lipinski definition) is 5. The van der Waals surface area contributed by atoms with Gasteiger partial charge in [0.05, 0.1) is 5.69 Å². The van der Waals surface area contributed by atoms with Gasteiger partial charge in [-0.25, -0.2) is 9.37 Å². The summed E-state index contributed by atoms with van der Waals surface area (Å²) >= 11 is 1.37. The van der Waals surface area contributed by atoms with Crippen LogP contribution in [-0.2, 0) is 0 Å². The maximum atomic E-state index is 13.5. The molecule has 0 fully saturated rings. The minimum atomic E-state index is -0.273. The Labute approximate surface area is 130 Å². The summed E-state index contributed by atoms with van der Waals surface area (Å²) in [6, 6.07) is 9.42. The van der Waals surface area contributed by atoms with Crippen molar-refractivity contribution in [2.24, 2.45) is 0 Å². The molecule has 3 rings (SSSR count). The molecule has 3 aromatic rings. The highest BCUT2D eigenvalue weighted by atomic mass is 32.1. The number of aromatic hydroxyl groups is 2. The van der Waals surface area contributed by atoms with Gasteiger partial charge in [-0.1, -0.05) is 6.07 Å². The molecule has 0 atom stereocenters. The number of aryl methyl sites for hydroxylation is 1. The quantitative estimate of drug-likeness (QED) is 0.626. The first-order chi connectivity index (χ1) is 10.5. The molecule has 0 radical (unpaired) electrons. The molecule has 112 valence electrons. The lowest BCUT2D eigenvalue weighted by Crippen LogP contribution is -1.91. The lowest BCUT2D eigenvalue weighted by atomic mass is 10.1. The molecule has 0 aliphatic heterocycles. The molecule has 0 bridgehead atoms. The van der Waals surface area contributed by atoms with Crippen LogP contribution in [0.5, 0.6) is 11.5 Å². The number of halogens is 1. The number of phenolic OH excluding ortho intramolecular Hbond substituents is 2. The number of benzene rings is 2. The Balaban J connectivity index is 1.84. The summed E-state index contributed by atoms with van der Waals surface area (Å²) in [5.41, 5.74) is 2.56. The highest BCUT2D eigenvalue weighted by molar-refractivity contribution is 7.14. The lowest BCUT2D eigenvalue weighted by Gasteiger charge is -2.04. The van der Waals surface area contributed by atoms with Crippen molar-refractivity contribution in [2.45, 2.75) is 6.92 Å². The molecule has 0 amide bonds. The Bertz CT molecular complexity index is 833. The summed E-state index contributed by atoms with van der Waals surface area (Å²) < 4.78 is 13.5. The van der Waals surface area contributed by atoms with E-state index < -0.39 is 0 Å². The van der Waals surface area contributed by atoms with Crippen molar-refractivity contribution in [3.8, 4) is 22.8 Å². The Morgan fingerprint density at radius 2 is 1.91 bits per heavy atom. The number of nitrogens with zero attached hydrogens (tertiary/aromatic N) is 1. The Kier molecular flexibility index (Phi) is 3.68. The van der Waals surface area contributed by atoms with Crippen LogP contribution in [0, 0.1) is 12.7 Å². The summed E-state index contributed by atoms with van der Waals surface area (Å²) in [5, 5.41) is 24.3. The highest BCUT2D eigenvalue weighted by Crippen LogP contribution is 2.32. The van der Waals surface area contributed by atoms with E-state index in [9.17, 15) is 14.6 Å². The summed E-state index contributed by atoms with van der Waals surface area (Å²) in [4.78, 5) is 4.39. The molecule has 0 saturated heterocycles. The molecule has 0 aliphatic rings. The maximum Gasteiger partial charge on any atom is 0.187 e. The number of thiazole rings is 1. The van der Waals surface area contributed by atoms with Crippen LogP contribution < -0.4 is 5.32 Å². The van der Waals surface area contributed by atoms with Crippen LogP contribution in [0.4, 0.5) is 15.2 Å². The van der Waals surface area contributed by atoms with E-state index >= 15 is 0 Å². The van der Waals surface area contributed by atoms with E-state index in [4.69, 9.17) is 0 Å². The van der Waals surface area contributed by atoms with Gasteiger partial charge < -0.3 is 15.5 Å². The number of aromatic nitrogens is 1. The predicted octanol–water partition coefficient (Wildman–Crippen LogP) is 4.41. The zero-order valence-electron chi connectivity index (χ0n) is 11.7. The largest absolute Gasteiger partial charge is 0.504 e. The highest BCUT2D eigenvalue weighted by Gasteiger charge is 2.08. The molecule has 3 N–H and O–H groups in total. The molecule has 2 aromatic carbocycles. The number of nitrogens with one attached hydrogen (secondary N) is 1. The van der Waals surface area contributed by atoms with Gasteiger partial charge in [0.25, 0.3) is 0 Å². The molecule has 6 heteroatoms. The van der Waals surface area contributed by atoms with E-state index in [1.807, 2.05) is 5.38 Å². The van der Waals surface area contributed by atoms with Crippen molar-refractivity contribution in [3.63, 3.8) is 0 Å². The third-order valence-electron chi connectivity index (χ3n) is 3.20. The zero-order valence-corrected chi connectivity index (χ0v) is 12.5. The van der Waals surface area contributed by atoms with Gasteiger partial charge >= 0.3 is 0 Å². The molecule has 1 aromatic heterocycles. The Hall–Kier alpha value is -2.60. The fourth-order valence-electron chi connectivity index (χ4n) is 1.94. The standard InChI is InChI=1S/C16H13FN2O2S/c1-9-2-4-11(7-12(9)17)18-16-19-13(8-22-16)10-3-5-14(20)15(21)6-10/h2-8,20-21H,1H3,(H,18,19). The summed E-state index contributed by atoms with van der Waals surface area (Å²) in [7, 11) is 0. The normalized spacial score (nSPS) is 10.6. The molecule has 0 spiro atoms. The van der Waals surface area contributed by atoms with E-state index in [0.29, 0.717) is 27.6 Å². The van der Waals surface area contributed by atoms with Crippen LogP contribution in [0.25, 0.3) is 11.3 Å². The van der Waals surface area contributed by atoms with E-state index in [1.165, 1.54) is 29.5 Å². The third-order valence-corrected chi connectivity index (χ3v) is 3.96. The van der Waals surface area contributed by atoms with Crippen LogP contribution in [-0.4, -0.2) is 15.2 Å². The predicted molar refractivity (Wildman–Crippen MR) is 85.3 cm³/mol. The maximum absolute atomic E-state index is 13.5. The fourth-order valence-corrected chi connectivity index (χ4v) is 2.68. The average Bonchev–Trinajstić information content (AvgIpc) is 2.94. The first-order valence-electron chi connectivity index (χ1n) is 6.54. The van der Waals surface area contributed by atoms with Gasteiger partial charge in [0, 0.05) is 16.6 Å². The Morgan fingerprint density at radius 3 is 2.64 bits per heavy atom. The van der Waals surface area contributed by atoms with Crippen LogP contribution >= 0.6 is 11.3 Å². The average molecular weight is 316 g/mol. The first kappa shape index (κ1) is 14.3. The summed E-state index contributed by atoms with van der Waals surface area (Å²) in [6.45, 7) is 1.71. The van der Waals surface area contributed by atoms with Crippen molar-refractivity contribution >= 4 is 22.2 Å². The second-order valence-corrected chi connectivity index (χ2v) is 5.69. The van der Waals surface area contributed by atoms with Crippen molar-refractivity contribution in [1.29, 1.82) is 0 Å². The molecule has 1 heterocycles. The molecule has 0 aliphatic carbocycles. The van der Waals surface area contributed by atoms with Crippen LogP contribution in [0.15, 0.2) is 41.8 Å². The molecule has 0 saturated carbocycles. The van der Waals surface area contributed by atoms with Crippen molar-refractivity contribution in [3.05, 3.63) is 53.2 Å². The number of anilines is 2. The second kappa shape index (κ2) is 5.65. The minimum Gasteiger partial charge on any atom is -0.504 e. The van der Waals surface area contributed by atoms with Crippen molar-refractivity contribution < 1.29 is 14.6 Å². The lowest BCUT2D eigenvalue weighted by molar-refractivity contribution is 0.404. The number of phenols is 2. The fraction of sp³-hybridized carbons (Fsp3) is 0.0625. The Morgan fingerprint density at radius 1 is 1.09 bits per heavy atom. The van der Waals surface area contributed by atoms with Gasteiger partial charge in [-0.2, -0.15) is 0 Å². The van der Waals surface area contributed by atoms with Gasteiger partial charge in [0.2, 0.25) is 0 Å². The van der Waals surface area contributed by atoms with Gasteiger partial charge in [-0.3, -0.25) is 0 Å². The molecule has 0 unspecified atom stereocenters. The van der Waals surface area contributed by atoms with Gasteiger partial charge in [0.1, 0.15) is 5.82 Å². The van der Waals surface area contributed by atoms with E-state index in [1.54, 1.807) is 25.1 Å². The van der Waals surface area contributed by atoms with E-state index in [-0.39, 0.29) is 17.3 Å². The van der Waals surface area contributed by atoms with Crippen LogP contribution in [0.2, 0.25) is 0 Å². The molecule has 22 heavy (non-hydrogen) atoms. The zero-order chi connectivity index (χ0) is 15.7. The first-order valence-corrected chi connectivity index (χ1v) is 7.42. The third kappa shape index (κ3) is 2.87. The molecular weight excluding hydrogens is 303 g/mol. The van der Waals surface area contributed by atoms with E-state index in [2.05, 4.69) is 10.3 Å². The smallest absolute Gasteiger partial charge is 0.187 e. The second-order valence-electron chi connectivity index (χ2n) is 4.83. The SMILES string of the molecule is Cc1ccc(Nc2nc(-c3ccc(O)c(O)c3)cs2)cc1F.